The highest BCUT2D eigenvalue weighted by atomic mass is 16.5. The van der Waals surface area contributed by atoms with Crippen molar-refractivity contribution in [3.8, 4) is 0 Å². The van der Waals surface area contributed by atoms with Gasteiger partial charge >= 0.3 is 5.97 Å². The second kappa shape index (κ2) is 47.5. The Morgan fingerprint density at radius 2 is 0.719 bits per heavy atom. The molecule has 0 spiro atoms. The monoisotopic (exact) mass is 808 g/mol. The number of ether oxygens (including phenoxy) is 1. The van der Waals surface area contributed by atoms with Crippen molar-refractivity contribution in [3.05, 3.63) is 0 Å². The molecule has 0 heterocycles. The molecule has 0 fully saturated rings. The minimum atomic E-state index is -0.669. The molecule has 0 radical (unpaired) electrons. The molecule has 0 rings (SSSR count). The highest BCUT2D eigenvalue weighted by molar-refractivity contribution is 5.76. The van der Waals surface area contributed by atoms with E-state index in [9.17, 15) is 19.8 Å². The van der Waals surface area contributed by atoms with E-state index < -0.39 is 12.1 Å². The molecule has 0 aliphatic heterocycles. The number of amides is 1. The van der Waals surface area contributed by atoms with Gasteiger partial charge in [0.15, 0.2) is 0 Å². The molecule has 0 saturated carbocycles. The molecule has 0 aromatic heterocycles. The topological polar surface area (TPSA) is 95.9 Å². The van der Waals surface area contributed by atoms with Crippen molar-refractivity contribution in [1.29, 1.82) is 0 Å². The van der Waals surface area contributed by atoms with Gasteiger partial charge in [0.2, 0.25) is 5.91 Å². The fraction of sp³-hybridized carbons (Fsp3) is 0.961. The lowest BCUT2D eigenvalue weighted by molar-refractivity contribution is -0.143. The zero-order chi connectivity index (χ0) is 41.5. The van der Waals surface area contributed by atoms with Crippen molar-refractivity contribution < 1.29 is 24.5 Å². The number of rotatable bonds is 48. The average Bonchev–Trinajstić information content (AvgIpc) is 3.21. The van der Waals surface area contributed by atoms with Gasteiger partial charge in [0.25, 0.3) is 0 Å². The maximum Gasteiger partial charge on any atom is 0.305 e. The molecule has 0 aromatic carbocycles. The van der Waals surface area contributed by atoms with E-state index in [4.69, 9.17) is 4.74 Å². The van der Waals surface area contributed by atoms with Gasteiger partial charge in [-0.2, -0.15) is 0 Å². The van der Waals surface area contributed by atoms with Gasteiger partial charge < -0.3 is 20.3 Å². The molecule has 6 heteroatoms. The van der Waals surface area contributed by atoms with E-state index in [1.165, 1.54) is 205 Å². The van der Waals surface area contributed by atoms with E-state index in [1.54, 1.807) is 0 Å². The molecule has 57 heavy (non-hydrogen) atoms. The van der Waals surface area contributed by atoms with Crippen LogP contribution in [0.5, 0.6) is 0 Å². The van der Waals surface area contributed by atoms with Crippen molar-refractivity contribution in [2.75, 3.05) is 13.2 Å². The molecular weight excluding hydrogens is 707 g/mol. The number of nitrogens with one attached hydrogen (secondary N) is 1. The minimum Gasteiger partial charge on any atom is -0.466 e. The average molecular weight is 808 g/mol. The molecule has 0 aliphatic rings. The summed E-state index contributed by atoms with van der Waals surface area (Å²) >= 11 is 0. The first kappa shape index (κ1) is 55.9. The molecule has 340 valence electrons. The van der Waals surface area contributed by atoms with E-state index in [2.05, 4.69) is 19.2 Å². The molecule has 2 atom stereocenters. The van der Waals surface area contributed by atoms with Crippen LogP contribution in [0.3, 0.4) is 0 Å². The Kier molecular flexibility index (Phi) is 46.6. The lowest BCUT2D eigenvalue weighted by Crippen LogP contribution is -2.45. The Morgan fingerprint density at radius 1 is 0.421 bits per heavy atom. The summed E-state index contributed by atoms with van der Waals surface area (Å²) in [5.41, 5.74) is 0. The zero-order valence-corrected chi connectivity index (χ0v) is 38.6. The van der Waals surface area contributed by atoms with Crippen LogP contribution in [-0.2, 0) is 14.3 Å². The number of aliphatic hydroxyl groups is 2. The number of carbonyl (C=O) groups is 2. The highest BCUT2D eigenvalue weighted by Crippen LogP contribution is 2.17. The standard InChI is InChI=1S/C51H101NO5/c1-3-5-7-9-11-13-15-17-20-23-27-31-35-39-43-49(54)48(47-53)52-50(55)44-40-36-32-28-24-21-18-19-22-26-30-34-38-42-46-57-51(56)45-41-37-33-29-25-16-14-12-10-8-6-4-2/h48-49,53-54H,3-47H2,1-2H3,(H,52,55). The first-order valence-electron chi connectivity index (χ1n) is 25.8. The Labute approximate surface area is 356 Å². The first-order valence-corrected chi connectivity index (χ1v) is 25.8. The summed E-state index contributed by atoms with van der Waals surface area (Å²) in [4.78, 5) is 24.4. The molecule has 0 aliphatic carbocycles. The van der Waals surface area contributed by atoms with Crippen molar-refractivity contribution in [2.45, 2.75) is 302 Å². The van der Waals surface area contributed by atoms with Gasteiger partial charge in [-0.1, -0.05) is 251 Å². The largest absolute Gasteiger partial charge is 0.466 e. The summed E-state index contributed by atoms with van der Waals surface area (Å²) in [6, 6.07) is -0.547. The van der Waals surface area contributed by atoms with Gasteiger partial charge in [-0.15, -0.1) is 0 Å². The lowest BCUT2D eigenvalue weighted by atomic mass is 10.0. The van der Waals surface area contributed by atoms with Crippen LogP contribution in [0.4, 0.5) is 0 Å². The molecule has 0 saturated heterocycles. The number of unbranched alkanes of at least 4 members (excludes halogenated alkanes) is 37. The van der Waals surface area contributed by atoms with Gasteiger partial charge in [-0.25, -0.2) is 0 Å². The van der Waals surface area contributed by atoms with E-state index in [0.717, 1.165) is 51.4 Å². The van der Waals surface area contributed by atoms with E-state index in [0.29, 0.717) is 25.9 Å². The number of esters is 1. The Bertz CT molecular complexity index is 806. The predicted molar refractivity (Wildman–Crippen MR) is 246 cm³/mol. The van der Waals surface area contributed by atoms with Gasteiger partial charge in [-0.05, 0) is 25.7 Å². The molecule has 0 bridgehead atoms. The third kappa shape index (κ3) is 44.2. The van der Waals surface area contributed by atoms with Crippen LogP contribution in [0.25, 0.3) is 0 Å². The third-order valence-electron chi connectivity index (χ3n) is 12.2. The summed E-state index contributed by atoms with van der Waals surface area (Å²) in [5, 5.41) is 23.2. The maximum atomic E-state index is 12.4. The van der Waals surface area contributed by atoms with Gasteiger partial charge in [-0.3, -0.25) is 9.59 Å². The smallest absolute Gasteiger partial charge is 0.305 e. The number of carbonyl (C=O) groups excluding carboxylic acids is 2. The van der Waals surface area contributed by atoms with Crippen LogP contribution in [0.15, 0.2) is 0 Å². The van der Waals surface area contributed by atoms with Crippen molar-refractivity contribution in [3.63, 3.8) is 0 Å². The summed E-state index contributed by atoms with van der Waals surface area (Å²) in [5.74, 6) is -0.0447. The fourth-order valence-corrected chi connectivity index (χ4v) is 8.17. The second-order valence-electron chi connectivity index (χ2n) is 17.9. The Balaban J connectivity index is 3.43. The van der Waals surface area contributed by atoms with E-state index >= 15 is 0 Å². The summed E-state index contributed by atoms with van der Waals surface area (Å²) < 4.78 is 5.45. The molecule has 2 unspecified atom stereocenters. The SMILES string of the molecule is CCCCCCCCCCCCCCCCC(O)C(CO)NC(=O)CCCCCCCCCCCCCCCCOC(=O)CCCCCCCCCCCCCC. The van der Waals surface area contributed by atoms with Crippen LogP contribution < -0.4 is 5.32 Å². The first-order chi connectivity index (χ1) is 28.0. The Hall–Kier alpha value is -1.14. The highest BCUT2D eigenvalue weighted by Gasteiger charge is 2.20. The van der Waals surface area contributed by atoms with Crippen molar-refractivity contribution in [2.24, 2.45) is 0 Å². The van der Waals surface area contributed by atoms with Crippen molar-refractivity contribution >= 4 is 11.9 Å². The van der Waals surface area contributed by atoms with E-state index in [1.807, 2.05) is 0 Å². The predicted octanol–water partition coefficient (Wildman–Crippen LogP) is 15.2. The van der Waals surface area contributed by atoms with Crippen molar-refractivity contribution in [1.82, 2.24) is 5.32 Å². The lowest BCUT2D eigenvalue weighted by Gasteiger charge is -2.22. The molecule has 3 N–H and O–H groups in total. The Morgan fingerprint density at radius 3 is 1.07 bits per heavy atom. The normalized spacial score (nSPS) is 12.6. The number of aliphatic hydroxyl groups excluding tert-OH is 2. The van der Waals surface area contributed by atoms with Gasteiger partial charge in [0, 0.05) is 12.8 Å². The van der Waals surface area contributed by atoms with Crippen LogP contribution in [0, 0.1) is 0 Å². The van der Waals surface area contributed by atoms with Gasteiger partial charge in [0.1, 0.15) is 0 Å². The van der Waals surface area contributed by atoms with Crippen LogP contribution in [0.2, 0.25) is 0 Å². The summed E-state index contributed by atoms with van der Waals surface area (Å²) in [6.07, 6.45) is 52.1. The minimum absolute atomic E-state index is 0.000946. The van der Waals surface area contributed by atoms with Crippen LogP contribution in [0.1, 0.15) is 290 Å². The number of hydrogen-bond acceptors (Lipinski definition) is 5. The fourth-order valence-electron chi connectivity index (χ4n) is 8.17. The number of hydrogen-bond donors (Lipinski definition) is 3. The summed E-state index contributed by atoms with van der Waals surface area (Å²) in [6.45, 7) is 4.94. The third-order valence-corrected chi connectivity index (χ3v) is 12.2. The quantitative estimate of drug-likeness (QED) is 0.0420. The molecule has 0 aromatic rings. The van der Waals surface area contributed by atoms with E-state index in [-0.39, 0.29) is 18.5 Å². The summed E-state index contributed by atoms with van der Waals surface area (Å²) in [7, 11) is 0. The molecular formula is C51H101NO5. The van der Waals surface area contributed by atoms with Crippen LogP contribution in [-0.4, -0.2) is 47.4 Å². The molecule has 6 nitrogen and oxygen atoms in total. The maximum absolute atomic E-state index is 12.4. The zero-order valence-electron chi connectivity index (χ0n) is 38.6. The van der Waals surface area contributed by atoms with Gasteiger partial charge in [0.05, 0.1) is 25.4 Å². The molecule has 1 amide bonds. The second-order valence-corrected chi connectivity index (χ2v) is 17.9. The van der Waals surface area contributed by atoms with Crippen LogP contribution >= 0.6 is 0 Å².